The molecule has 0 fully saturated rings. The van der Waals surface area contributed by atoms with E-state index in [0.29, 0.717) is 5.56 Å². The van der Waals surface area contributed by atoms with E-state index in [1.54, 1.807) is 0 Å². The first-order valence-electron chi connectivity index (χ1n) is 4.13. The van der Waals surface area contributed by atoms with E-state index in [0.717, 1.165) is 18.4 Å². The summed E-state index contributed by atoms with van der Waals surface area (Å²) in [6.45, 7) is 6.03. The molecule has 0 saturated carbocycles. The number of nitriles is 1. The minimum absolute atomic E-state index is 0.694. The van der Waals surface area contributed by atoms with E-state index in [-0.39, 0.29) is 0 Å². The Morgan fingerprint density at radius 2 is 2.25 bits per heavy atom. The van der Waals surface area contributed by atoms with E-state index >= 15 is 0 Å². The van der Waals surface area contributed by atoms with Crippen LogP contribution in [0.1, 0.15) is 30.0 Å². The lowest BCUT2D eigenvalue weighted by atomic mass is 10.0. The molecule has 1 radical (unpaired) electrons. The SMILES string of the molecule is [CH2]c1cc(C#N)ccc1CCC. The Kier molecular flexibility index (Phi) is 2.88. The van der Waals surface area contributed by atoms with Crippen LogP contribution in [0.2, 0.25) is 0 Å². The fourth-order valence-electron chi connectivity index (χ4n) is 1.21. The van der Waals surface area contributed by atoms with Gasteiger partial charge in [0.05, 0.1) is 11.6 Å². The van der Waals surface area contributed by atoms with Crippen LogP contribution < -0.4 is 0 Å². The number of rotatable bonds is 2. The van der Waals surface area contributed by atoms with Crippen LogP contribution in [0.15, 0.2) is 18.2 Å². The van der Waals surface area contributed by atoms with E-state index in [9.17, 15) is 0 Å². The molecule has 0 atom stereocenters. The third kappa shape index (κ3) is 1.85. The average molecular weight is 158 g/mol. The van der Waals surface area contributed by atoms with Gasteiger partial charge in [-0.1, -0.05) is 19.4 Å². The predicted octanol–water partition coefficient (Wildman–Crippen LogP) is 2.69. The van der Waals surface area contributed by atoms with Gasteiger partial charge >= 0.3 is 0 Å². The maximum Gasteiger partial charge on any atom is 0.0991 e. The molecule has 1 aromatic rings. The van der Waals surface area contributed by atoms with Gasteiger partial charge in [-0.25, -0.2) is 0 Å². The van der Waals surface area contributed by atoms with Gasteiger partial charge in [0.15, 0.2) is 0 Å². The number of hydrogen-bond acceptors (Lipinski definition) is 1. The molecule has 1 rings (SSSR count). The number of aryl methyl sites for hydroxylation is 1. The van der Waals surface area contributed by atoms with Gasteiger partial charge in [0, 0.05) is 0 Å². The van der Waals surface area contributed by atoms with E-state index in [1.807, 2.05) is 18.2 Å². The number of nitrogens with zero attached hydrogens (tertiary/aromatic N) is 1. The van der Waals surface area contributed by atoms with Crippen molar-refractivity contribution in [1.29, 1.82) is 5.26 Å². The second-order valence-corrected chi connectivity index (χ2v) is 2.85. The van der Waals surface area contributed by atoms with Crippen LogP contribution >= 0.6 is 0 Å². The van der Waals surface area contributed by atoms with Gasteiger partial charge < -0.3 is 0 Å². The van der Waals surface area contributed by atoms with Gasteiger partial charge in [-0.05, 0) is 36.6 Å². The Morgan fingerprint density at radius 1 is 1.50 bits per heavy atom. The Bertz CT molecular complexity index is 307. The van der Waals surface area contributed by atoms with Crippen LogP contribution in [0.4, 0.5) is 0 Å². The molecule has 0 N–H and O–H groups in total. The highest BCUT2D eigenvalue weighted by Gasteiger charge is 1.97. The van der Waals surface area contributed by atoms with E-state index in [1.165, 1.54) is 5.56 Å². The van der Waals surface area contributed by atoms with Crippen LogP contribution in [-0.2, 0) is 6.42 Å². The molecule has 61 valence electrons. The first-order chi connectivity index (χ1) is 5.77. The van der Waals surface area contributed by atoms with Crippen molar-refractivity contribution in [3.05, 3.63) is 41.8 Å². The molecule has 0 bridgehead atoms. The maximum absolute atomic E-state index is 8.61. The lowest BCUT2D eigenvalue weighted by Crippen LogP contribution is -1.88. The summed E-state index contributed by atoms with van der Waals surface area (Å²) in [6.07, 6.45) is 2.17. The van der Waals surface area contributed by atoms with E-state index < -0.39 is 0 Å². The molecule has 0 aliphatic heterocycles. The number of hydrogen-bond donors (Lipinski definition) is 0. The van der Waals surface area contributed by atoms with Gasteiger partial charge in [-0.15, -0.1) is 0 Å². The summed E-state index contributed by atoms with van der Waals surface area (Å²) in [6, 6.07) is 7.77. The Balaban J connectivity index is 2.97. The van der Waals surface area contributed by atoms with E-state index in [2.05, 4.69) is 19.9 Å². The molecule has 0 heterocycles. The Labute approximate surface area is 73.6 Å². The minimum Gasteiger partial charge on any atom is -0.192 e. The molecule has 0 aromatic heterocycles. The van der Waals surface area contributed by atoms with E-state index in [4.69, 9.17) is 5.26 Å². The van der Waals surface area contributed by atoms with Gasteiger partial charge in [0.25, 0.3) is 0 Å². The molecule has 0 saturated heterocycles. The molecule has 1 heteroatoms. The van der Waals surface area contributed by atoms with Crippen LogP contribution in [-0.4, -0.2) is 0 Å². The summed E-state index contributed by atoms with van der Waals surface area (Å²) in [5, 5.41) is 8.61. The largest absolute Gasteiger partial charge is 0.192 e. The predicted molar refractivity (Wildman–Crippen MR) is 49.6 cm³/mol. The first-order valence-corrected chi connectivity index (χ1v) is 4.13. The lowest BCUT2D eigenvalue weighted by Gasteiger charge is -2.02. The molecule has 1 nitrogen and oxygen atoms in total. The molecule has 0 aliphatic carbocycles. The van der Waals surface area contributed by atoms with Crippen LogP contribution in [0.3, 0.4) is 0 Å². The van der Waals surface area contributed by atoms with Crippen molar-refractivity contribution in [2.24, 2.45) is 0 Å². The van der Waals surface area contributed by atoms with Crippen molar-refractivity contribution in [1.82, 2.24) is 0 Å². The molecular weight excluding hydrogens is 146 g/mol. The zero-order valence-electron chi connectivity index (χ0n) is 7.30. The summed E-state index contributed by atoms with van der Waals surface area (Å²) in [5.41, 5.74) is 2.92. The van der Waals surface area contributed by atoms with Crippen LogP contribution in [0, 0.1) is 18.3 Å². The third-order valence-electron chi connectivity index (χ3n) is 1.85. The Hall–Kier alpha value is -1.29. The summed E-state index contributed by atoms with van der Waals surface area (Å²) in [4.78, 5) is 0. The van der Waals surface area contributed by atoms with Gasteiger partial charge in [-0.3, -0.25) is 0 Å². The van der Waals surface area contributed by atoms with Crippen molar-refractivity contribution in [3.8, 4) is 6.07 Å². The highest BCUT2D eigenvalue weighted by molar-refractivity contribution is 5.39. The average Bonchev–Trinajstić information content (AvgIpc) is 2.09. The molecule has 0 unspecified atom stereocenters. The van der Waals surface area contributed by atoms with Crippen molar-refractivity contribution in [2.75, 3.05) is 0 Å². The number of benzene rings is 1. The fourth-order valence-corrected chi connectivity index (χ4v) is 1.21. The van der Waals surface area contributed by atoms with Crippen molar-refractivity contribution < 1.29 is 0 Å². The molecule has 0 amide bonds. The van der Waals surface area contributed by atoms with Crippen molar-refractivity contribution >= 4 is 0 Å². The first kappa shape index (κ1) is 8.80. The summed E-state index contributed by atoms with van der Waals surface area (Å²) >= 11 is 0. The van der Waals surface area contributed by atoms with Crippen molar-refractivity contribution in [3.63, 3.8) is 0 Å². The topological polar surface area (TPSA) is 23.8 Å². The molecule has 12 heavy (non-hydrogen) atoms. The zero-order valence-corrected chi connectivity index (χ0v) is 7.30. The second-order valence-electron chi connectivity index (χ2n) is 2.85. The minimum atomic E-state index is 0.694. The quantitative estimate of drug-likeness (QED) is 0.649. The zero-order chi connectivity index (χ0) is 8.97. The van der Waals surface area contributed by atoms with Crippen molar-refractivity contribution in [2.45, 2.75) is 19.8 Å². The highest BCUT2D eigenvalue weighted by atomic mass is 14.2. The van der Waals surface area contributed by atoms with Gasteiger partial charge in [0.2, 0.25) is 0 Å². The second kappa shape index (κ2) is 3.92. The smallest absolute Gasteiger partial charge is 0.0991 e. The molecule has 0 aliphatic rings. The molecule has 1 aromatic carbocycles. The standard InChI is InChI=1S/C11H12N/c1-3-4-11-6-5-10(8-12)7-9(11)2/h5-7H,2-4H2,1H3. The maximum atomic E-state index is 8.61. The fraction of sp³-hybridized carbons (Fsp3) is 0.273. The normalized spacial score (nSPS) is 9.42. The molecule has 0 spiro atoms. The summed E-state index contributed by atoms with van der Waals surface area (Å²) in [5.74, 6) is 0. The van der Waals surface area contributed by atoms with Gasteiger partial charge in [-0.2, -0.15) is 5.26 Å². The van der Waals surface area contributed by atoms with Crippen LogP contribution in [0.25, 0.3) is 0 Å². The lowest BCUT2D eigenvalue weighted by molar-refractivity contribution is 0.917. The third-order valence-corrected chi connectivity index (χ3v) is 1.85. The Morgan fingerprint density at radius 3 is 2.75 bits per heavy atom. The summed E-state index contributed by atoms with van der Waals surface area (Å²) < 4.78 is 0. The summed E-state index contributed by atoms with van der Waals surface area (Å²) in [7, 11) is 0. The monoisotopic (exact) mass is 158 g/mol. The highest BCUT2D eigenvalue weighted by Crippen LogP contribution is 2.12. The van der Waals surface area contributed by atoms with Crippen LogP contribution in [0.5, 0.6) is 0 Å². The van der Waals surface area contributed by atoms with Gasteiger partial charge in [0.1, 0.15) is 0 Å². The molecular formula is C11H12N.